The summed E-state index contributed by atoms with van der Waals surface area (Å²) in [5.74, 6) is -0.988. The summed E-state index contributed by atoms with van der Waals surface area (Å²) >= 11 is 0. The van der Waals surface area contributed by atoms with E-state index in [0.717, 1.165) is 25.7 Å². The van der Waals surface area contributed by atoms with Crippen LogP contribution in [0, 0.1) is 5.92 Å². The molecule has 0 unspecified atom stereocenters. The second-order valence-corrected chi connectivity index (χ2v) is 2.30. The molecule has 0 aliphatic heterocycles. The van der Waals surface area contributed by atoms with Crippen LogP contribution in [0.3, 0.4) is 0 Å². The average molecular weight is 246 g/mol. The molecule has 1 fully saturated rings. The Bertz CT molecular complexity index is 97.2. The van der Waals surface area contributed by atoms with Gasteiger partial charge in [0.2, 0.25) is 0 Å². The number of aliphatic carboxylic acids is 1. The summed E-state index contributed by atoms with van der Waals surface area (Å²) in [5, 5.41) is 10.1. The third-order valence-corrected chi connectivity index (χ3v) is 1.69. The number of hydrogen-bond donors (Lipinski definition) is 0. The fraction of sp³-hybridized carbons (Fsp3) is 0.833. The van der Waals surface area contributed by atoms with Crippen molar-refractivity contribution in [3.05, 3.63) is 0 Å². The van der Waals surface area contributed by atoms with Crippen LogP contribution in [0.4, 0.5) is 0 Å². The SMILES string of the molecule is O=C([O-])C1CCCC1.[Cs+]. The molecule has 1 saturated carbocycles. The molecule has 0 radical (unpaired) electrons. The number of carbonyl (C=O) groups excluding carboxylic acids is 1. The maximum absolute atomic E-state index is 10.1. The maximum atomic E-state index is 10.1. The predicted molar refractivity (Wildman–Crippen MR) is 27.0 cm³/mol. The van der Waals surface area contributed by atoms with E-state index < -0.39 is 5.97 Å². The van der Waals surface area contributed by atoms with Gasteiger partial charge >= 0.3 is 68.9 Å². The molecular weight excluding hydrogens is 237 g/mol. The molecule has 0 saturated heterocycles. The smallest absolute Gasteiger partial charge is 0.550 e. The van der Waals surface area contributed by atoms with Crippen molar-refractivity contribution in [3.8, 4) is 0 Å². The van der Waals surface area contributed by atoms with E-state index in [-0.39, 0.29) is 74.8 Å². The van der Waals surface area contributed by atoms with Crippen LogP contribution in [0.1, 0.15) is 25.7 Å². The molecule has 46 valence electrons. The number of carboxylic acid groups (broad SMARTS) is 1. The van der Waals surface area contributed by atoms with E-state index in [2.05, 4.69) is 0 Å². The Morgan fingerprint density at radius 2 is 1.78 bits per heavy atom. The first-order valence-corrected chi connectivity index (χ1v) is 3.01. The van der Waals surface area contributed by atoms with Crippen LogP contribution in [0.25, 0.3) is 0 Å². The summed E-state index contributed by atoms with van der Waals surface area (Å²) in [5.41, 5.74) is 0. The average Bonchev–Trinajstić information content (AvgIpc) is 2.12. The summed E-state index contributed by atoms with van der Waals surface area (Å²) in [6, 6.07) is 0. The Morgan fingerprint density at radius 3 is 2.00 bits per heavy atom. The van der Waals surface area contributed by atoms with Gasteiger partial charge < -0.3 is 9.90 Å². The molecule has 1 aliphatic carbocycles. The maximum Gasteiger partial charge on any atom is 1.00 e. The number of rotatable bonds is 1. The number of carboxylic acids is 1. The molecule has 0 aromatic carbocycles. The van der Waals surface area contributed by atoms with Gasteiger partial charge in [-0.05, 0) is 18.8 Å². The van der Waals surface area contributed by atoms with Gasteiger partial charge in [0.15, 0.2) is 0 Å². The van der Waals surface area contributed by atoms with Gasteiger partial charge in [0.1, 0.15) is 0 Å². The molecule has 0 N–H and O–H groups in total. The van der Waals surface area contributed by atoms with Crippen LogP contribution in [0.5, 0.6) is 0 Å². The van der Waals surface area contributed by atoms with Crippen molar-refractivity contribution in [2.24, 2.45) is 5.92 Å². The second kappa shape index (κ2) is 5.21. The summed E-state index contributed by atoms with van der Waals surface area (Å²) < 4.78 is 0. The summed E-state index contributed by atoms with van der Waals surface area (Å²) in [6.45, 7) is 0. The molecule has 1 aliphatic rings. The van der Waals surface area contributed by atoms with Crippen molar-refractivity contribution >= 4 is 5.97 Å². The third-order valence-electron chi connectivity index (χ3n) is 1.69. The molecule has 0 aromatic rings. The van der Waals surface area contributed by atoms with Gasteiger partial charge in [-0.1, -0.05) is 12.8 Å². The van der Waals surface area contributed by atoms with Crippen molar-refractivity contribution in [2.45, 2.75) is 25.7 Å². The van der Waals surface area contributed by atoms with Gasteiger partial charge in [-0.25, -0.2) is 0 Å². The van der Waals surface area contributed by atoms with E-state index in [1.54, 1.807) is 0 Å². The molecule has 0 amide bonds. The topological polar surface area (TPSA) is 40.1 Å². The monoisotopic (exact) mass is 246 g/mol. The van der Waals surface area contributed by atoms with Crippen LogP contribution in [-0.2, 0) is 4.79 Å². The minimum absolute atomic E-state index is 0. The fourth-order valence-electron chi connectivity index (χ4n) is 1.16. The quantitative estimate of drug-likeness (QED) is 0.492. The van der Waals surface area contributed by atoms with E-state index in [1.165, 1.54) is 0 Å². The van der Waals surface area contributed by atoms with Crippen molar-refractivity contribution in [3.63, 3.8) is 0 Å². The molecule has 3 heteroatoms. The Labute approximate surface area is 114 Å². The van der Waals surface area contributed by atoms with Crippen molar-refractivity contribution in [1.82, 2.24) is 0 Å². The molecule has 0 aromatic heterocycles. The van der Waals surface area contributed by atoms with E-state index in [0.29, 0.717) is 0 Å². The first-order valence-electron chi connectivity index (χ1n) is 3.01. The van der Waals surface area contributed by atoms with E-state index in [4.69, 9.17) is 0 Å². The van der Waals surface area contributed by atoms with Crippen LogP contribution < -0.4 is 74.0 Å². The first-order chi connectivity index (χ1) is 3.80. The molecule has 0 spiro atoms. The van der Waals surface area contributed by atoms with E-state index in [9.17, 15) is 9.90 Å². The first kappa shape index (κ1) is 10.5. The minimum atomic E-state index is -0.859. The van der Waals surface area contributed by atoms with Gasteiger partial charge in [0.25, 0.3) is 0 Å². The molecule has 0 heterocycles. The Hall–Kier alpha value is 1.52. The minimum Gasteiger partial charge on any atom is -0.550 e. The summed E-state index contributed by atoms with van der Waals surface area (Å²) in [4.78, 5) is 10.1. The van der Waals surface area contributed by atoms with E-state index in [1.807, 2.05) is 0 Å². The number of carbonyl (C=O) groups is 1. The van der Waals surface area contributed by atoms with Gasteiger partial charge in [0.05, 0.1) is 0 Å². The molecule has 0 atom stereocenters. The van der Waals surface area contributed by atoms with Crippen molar-refractivity contribution in [1.29, 1.82) is 0 Å². The molecule has 1 rings (SSSR count). The van der Waals surface area contributed by atoms with Crippen LogP contribution in [-0.4, -0.2) is 5.97 Å². The van der Waals surface area contributed by atoms with Crippen LogP contribution >= 0.6 is 0 Å². The third kappa shape index (κ3) is 3.44. The summed E-state index contributed by atoms with van der Waals surface area (Å²) in [7, 11) is 0. The van der Waals surface area contributed by atoms with E-state index >= 15 is 0 Å². The molecule has 2 nitrogen and oxygen atoms in total. The Balaban J connectivity index is 0.000000640. The standard InChI is InChI=1S/C6H10O2.Cs/c7-6(8)5-3-1-2-4-5;/h5H,1-4H2,(H,7,8);/q;+1/p-1. The zero-order valence-electron chi connectivity index (χ0n) is 5.72. The Morgan fingerprint density at radius 1 is 1.33 bits per heavy atom. The van der Waals surface area contributed by atoms with Gasteiger partial charge in [-0.15, -0.1) is 0 Å². The van der Waals surface area contributed by atoms with Gasteiger partial charge in [0, 0.05) is 5.97 Å². The molecule has 9 heavy (non-hydrogen) atoms. The summed E-state index contributed by atoms with van der Waals surface area (Å²) in [6.07, 6.45) is 3.81. The Kier molecular flexibility index (Phi) is 6.09. The number of hydrogen-bond acceptors (Lipinski definition) is 2. The zero-order chi connectivity index (χ0) is 5.98. The van der Waals surface area contributed by atoms with Crippen LogP contribution in [0.15, 0.2) is 0 Å². The molecular formula is C6H9CsO2. The van der Waals surface area contributed by atoms with Crippen molar-refractivity contribution < 1.29 is 78.8 Å². The second-order valence-electron chi connectivity index (χ2n) is 2.30. The fourth-order valence-corrected chi connectivity index (χ4v) is 1.16. The van der Waals surface area contributed by atoms with Crippen LogP contribution in [0.2, 0.25) is 0 Å². The normalized spacial score (nSPS) is 19.1. The molecule has 0 bridgehead atoms. The van der Waals surface area contributed by atoms with Gasteiger partial charge in [-0.2, -0.15) is 0 Å². The van der Waals surface area contributed by atoms with Gasteiger partial charge in [-0.3, -0.25) is 0 Å². The zero-order valence-corrected chi connectivity index (χ0v) is 12.0. The predicted octanol–water partition coefficient (Wildman–Crippen LogP) is -3.07. The largest absolute Gasteiger partial charge is 1.00 e. The van der Waals surface area contributed by atoms with Crippen molar-refractivity contribution in [2.75, 3.05) is 0 Å².